The standard InChI is InChI=1S/C9H21P/c1-6-9(5,7(2)3)8(4)10/h7-8H,6,10H2,1-5H3. The largest absolute Gasteiger partial charge is 0.134 e. The molecule has 3 unspecified atom stereocenters. The van der Waals surface area contributed by atoms with Gasteiger partial charge in [0.1, 0.15) is 0 Å². The molecule has 62 valence electrons. The molecule has 0 N–H and O–H groups in total. The molecule has 3 atom stereocenters. The zero-order valence-corrected chi connectivity index (χ0v) is 9.09. The Labute approximate surface area is 68.0 Å². The van der Waals surface area contributed by atoms with Gasteiger partial charge < -0.3 is 0 Å². The van der Waals surface area contributed by atoms with Crippen LogP contribution in [0.1, 0.15) is 41.0 Å². The van der Waals surface area contributed by atoms with E-state index in [1.807, 2.05) is 0 Å². The average molecular weight is 160 g/mol. The molecule has 0 bridgehead atoms. The third-order valence-corrected chi connectivity index (χ3v) is 3.88. The van der Waals surface area contributed by atoms with Crippen LogP contribution in [0.25, 0.3) is 0 Å². The van der Waals surface area contributed by atoms with E-state index in [9.17, 15) is 0 Å². The molecular formula is C9H21P. The van der Waals surface area contributed by atoms with Gasteiger partial charge in [-0.2, -0.15) is 0 Å². The van der Waals surface area contributed by atoms with Gasteiger partial charge in [-0.3, -0.25) is 0 Å². The predicted molar refractivity (Wildman–Crippen MR) is 52.4 cm³/mol. The van der Waals surface area contributed by atoms with E-state index in [0.717, 1.165) is 11.6 Å². The van der Waals surface area contributed by atoms with E-state index in [4.69, 9.17) is 0 Å². The fourth-order valence-corrected chi connectivity index (χ4v) is 1.88. The van der Waals surface area contributed by atoms with Crippen LogP contribution in [0.3, 0.4) is 0 Å². The molecule has 0 amide bonds. The summed E-state index contributed by atoms with van der Waals surface area (Å²) in [5.74, 6) is 0.782. The molecule has 0 saturated heterocycles. The topological polar surface area (TPSA) is 0 Å². The molecule has 0 spiro atoms. The van der Waals surface area contributed by atoms with Crippen molar-refractivity contribution in [2.75, 3.05) is 0 Å². The van der Waals surface area contributed by atoms with Crippen molar-refractivity contribution in [3.8, 4) is 0 Å². The van der Waals surface area contributed by atoms with Crippen molar-refractivity contribution in [2.24, 2.45) is 11.3 Å². The minimum Gasteiger partial charge on any atom is -0.134 e. The lowest BCUT2D eigenvalue weighted by molar-refractivity contribution is 0.208. The second-order valence-corrected chi connectivity index (χ2v) is 4.80. The summed E-state index contributed by atoms with van der Waals surface area (Å²) in [6, 6.07) is 0. The van der Waals surface area contributed by atoms with Gasteiger partial charge in [0.05, 0.1) is 0 Å². The Morgan fingerprint density at radius 1 is 1.30 bits per heavy atom. The molecular weight excluding hydrogens is 139 g/mol. The zero-order valence-electron chi connectivity index (χ0n) is 7.94. The van der Waals surface area contributed by atoms with E-state index < -0.39 is 0 Å². The Hall–Kier alpha value is 0.430. The summed E-state index contributed by atoms with van der Waals surface area (Å²) in [4.78, 5) is 0. The van der Waals surface area contributed by atoms with E-state index in [2.05, 4.69) is 43.9 Å². The Kier molecular flexibility index (Phi) is 3.88. The zero-order chi connectivity index (χ0) is 8.36. The predicted octanol–water partition coefficient (Wildman–Crippen LogP) is 3.32. The summed E-state index contributed by atoms with van der Waals surface area (Å²) in [7, 11) is 2.92. The Balaban J connectivity index is 4.23. The second kappa shape index (κ2) is 3.72. The Bertz CT molecular complexity index is 86.9. The van der Waals surface area contributed by atoms with E-state index in [1.54, 1.807) is 0 Å². The van der Waals surface area contributed by atoms with Crippen molar-refractivity contribution >= 4 is 9.24 Å². The average Bonchev–Trinajstić information content (AvgIpc) is 1.85. The van der Waals surface area contributed by atoms with Crippen LogP contribution < -0.4 is 0 Å². The first-order valence-electron chi connectivity index (χ1n) is 4.20. The van der Waals surface area contributed by atoms with Crippen LogP contribution in [0.15, 0.2) is 0 Å². The Morgan fingerprint density at radius 3 is 1.70 bits per heavy atom. The smallest absolute Gasteiger partial charge is 0.0236 e. The highest BCUT2D eigenvalue weighted by molar-refractivity contribution is 7.17. The van der Waals surface area contributed by atoms with E-state index in [1.165, 1.54) is 6.42 Å². The van der Waals surface area contributed by atoms with Crippen molar-refractivity contribution in [3.63, 3.8) is 0 Å². The summed E-state index contributed by atoms with van der Waals surface area (Å²) < 4.78 is 0. The van der Waals surface area contributed by atoms with Gasteiger partial charge in [0.2, 0.25) is 0 Å². The molecule has 0 heterocycles. The molecule has 0 fully saturated rings. The molecule has 0 aromatic rings. The SMILES string of the molecule is CCC(C)(C(C)C)C(C)P. The summed E-state index contributed by atoms with van der Waals surface area (Å²) in [5, 5.41) is 0. The normalized spacial score (nSPS) is 20.7. The maximum absolute atomic E-state index is 2.92. The maximum atomic E-state index is 2.92. The van der Waals surface area contributed by atoms with Gasteiger partial charge in [-0.25, -0.2) is 0 Å². The van der Waals surface area contributed by atoms with Gasteiger partial charge >= 0.3 is 0 Å². The number of hydrogen-bond acceptors (Lipinski definition) is 0. The maximum Gasteiger partial charge on any atom is -0.0236 e. The van der Waals surface area contributed by atoms with Crippen LogP contribution in [0.4, 0.5) is 0 Å². The molecule has 0 aliphatic carbocycles. The molecule has 0 aromatic carbocycles. The molecule has 0 aromatic heterocycles. The molecule has 0 nitrogen and oxygen atoms in total. The molecule has 0 saturated carbocycles. The minimum absolute atomic E-state index is 0.505. The number of rotatable bonds is 3. The van der Waals surface area contributed by atoms with E-state index >= 15 is 0 Å². The fraction of sp³-hybridized carbons (Fsp3) is 1.00. The lowest BCUT2D eigenvalue weighted by Crippen LogP contribution is -2.30. The first kappa shape index (κ1) is 10.4. The highest BCUT2D eigenvalue weighted by Crippen LogP contribution is 2.38. The Morgan fingerprint density at radius 2 is 1.70 bits per heavy atom. The quantitative estimate of drug-likeness (QED) is 0.555. The molecule has 0 rings (SSSR count). The summed E-state index contributed by atoms with van der Waals surface area (Å²) in [6.45, 7) is 11.6. The minimum atomic E-state index is 0.505. The van der Waals surface area contributed by atoms with Crippen LogP contribution in [-0.4, -0.2) is 5.66 Å². The van der Waals surface area contributed by atoms with Gasteiger partial charge in [0.25, 0.3) is 0 Å². The van der Waals surface area contributed by atoms with Gasteiger partial charge in [-0.15, -0.1) is 9.24 Å². The lowest BCUT2D eigenvalue weighted by atomic mass is 9.74. The van der Waals surface area contributed by atoms with E-state index in [0.29, 0.717) is 5.41 Å². The highest BCUT2D eigenvalue weighted by Gasteiger charge is 2.29. The molecule has 0 aliphatic heterocycles. The van der Waals surface area contributed by atoms with E-state index in [-0.39, 0.29) is 0 Å². The molecule has 10 heavy (non-hydrogen) atoms. The summed E-state index contributed by atoms with van der Waals surface area (Å²) in [6.07, 6.45) is 1.27. The van der Waals surface area contributed by atoms with Crippen LogP contribution >= 0.6 is 9.24 Å². The van der Waals surface area contributed by atoms with Crippen molar-refractivity contribution in [3.05, 3.63) is 0 Å². The first-order valence-corrected chi connectivity index (χ1v) is 4.87. The van der Waals surface area contributed by atoms with Crippen molar-refractivity contribution < 1.29 is 0 Å². The fourth-order valence-electron chi connectivity index (χ4n) is 1.26. The van der Waals surface area contributed by atoms with Gasteiger partial charge in [0, 0.05) is 0 Å². The van der Waals surface area contributed by atoms with Crippen molar-refractivity contribution in [1.82, 2.24) is 0 Å². The molecule has 1 heteroatoms. The number of hydrogen-bond donors (Lipinski definition) is 0. The van der Waals surface area contributed by atoms with Crippen LogP contribution in [0, 0.1) is 11.3 Å². The second-order valence-electron chi connectivity index (χ2n) is 3.80. The molecule has 0 radical (unpaired) electrons. The lowest BCUT2D eigenvalue weighted by Gasteiger charge is -2.36. The van der Waals surface area contributed by atoms with Gasteiger partial charge in [-0.05, 0) is 23.4 Å². The summed E-state index contributed by atoms with van der Waals surface area (Å²) in [5.41, 5.74) is 1.22. The van der Waals surface area contributed by atoms with Crippen LogP contribution in [-0.2, 0) is 0 Å². The van der Waals surface area contributed by atoms with Crippen LogP contribution in [0.2, 0.25) is 0 Å². The van der Waals surface area contributed by atoms with Gasteiger partial charge in [-0.1, -0.05) is 34.6 Å². The van der Waals surface area contributed by atoms with Crippen LogP contribution in [0.5, 0.6) is 0 Å². The highest BCUT2D eigenvalue weighted by atomic mass is 31.0. The van der Waals surface area contributed by atoms with Crippen molar-refractivity contribution in [2.45, 2.75) is 46.7 Å². The summed E-state index contributed by atoms with van der Waals surface area (Å²) >= 11 is 0. The first-order chi connectivity index (χ1) is 4.45. The monoisotopic (exact) mass is 160 g/mol. The third-order valence-electron chi connectivity index (χ3n) is 3.12. The molecule has 0 aliphatic rings. The van der Waals surface area contributed by atoms with Crippen molar-refractivity contribution in [1.29, 1.82) is 0 Å². The third kappa shape index (κ3) is 1.95. The van der Waals surface area contributed by atoms with Gasteiger partial charge in [0.15, 0.2) is 0 Å².